The Bertz CT molecular complexity index is 296. The van der Waals surface area contributed by atoms with E-state index in [2.05, 4.69) is 24.1 Å². The lowest BCUT2D eigenvalue weighted by atomic mass is 9.81. The van der Waals surface area contributed by atoms with Gasteiger partial charge in [-0.15, -0.1) is 0 Å². The SMILES string of the molecule is CC1CCC(N2CCCNC3(CCCCC3)C2)C1C. The van der Waals surface area contributed by atoms with E-state index in [0.717, 1.165) is 17.9 Å². The summed E-state index contributed by atoms with van der Waals surface area (Å²) in [7, 11) is 0. The van der Waals surface area contributed by atoms with E-state index in [4.69, 9.17) is 0 Å². The molecule has 0 aromatic rings. The predicted octanol–water partition coefficient (Wildman–Crippen LogP) is 3.42. The first-order valence-corrected chi connectivity index (χ1v) is 8.69. The lowest BCUT2D eigenvalue weighted by Crippen LogP contribution is -2.54. The summed E-state index contributed by atoms with van der Waals surface area (Å²) in [6.07, 6.45) is 11.4. The molecule has 2 saturated carbocycles. The molecule has 0 radical (unpaired) electrons. The molecule has 19 heavy (non-hydrogen) atoms. The highest BCUT2D eigenvalue weighted by atomic mass is 15.2. The molecule has 2 aliphatic carbocycles. The van der Waals surface area contributed by atoms with Gasteiger partial charge in [0.1, 0.15) is 0 Å². The maximum atomic E-state index is 3.93. The molecule has 3 aliphatic rings. The van der Waals surface area contributed by atoms with Crippen molar-refractivity contribution in [3.8, 4) is 0 Å². The van der Waals surface area contributed by atoms with Gasteiger partial charge >= 0.3 is 0 Å². The molecule has 1 N–H and O–H groups in total. The van der Waals surface area contributed by atoms with Gasteiger partial charge in [-0.25, -0.2) is 0 Å². The van der Waals surface area contributed by atoms with Crippen LogP contribution in [0.5, 0.6) is 0 Å². The van der Waals surface area contributed by atoms with Gasteiger partial charge in [0, 0.05) is 18.1 Å². The molecule has 1 saturated heterocycles. The third-order valence-corrected chi connectivity index (χ3v) is 6.33. The summed E-state index contributed by atoms with van der Waals surface area (Å²) in [6.45, 7) is 8.85. The van der Waals surface area contributed by atoms with Crippen LogP contribution in [0.2, 0.25) is 0 Å². The second kappa shape index (κ2) is 5.73. The van der Waals surface area contributed by atoms with Crippen molar-refractivity contribution in [2.75, 3.05) is 19.6 Å². The quantitative estimate of drug-likeness (QED) is 0.780. The summed E-state index contributed by atoms with van der Waals surface area (Å²) in [5, 5.41) is 3.93. The highest BCUT2D eigenvalue weighted by Crippen LogP contribution is 2.38. The molecule has 0 amide bonds. The van der Waals surface area contributed by atoms with Crippen LogP contribution in [0.4, 0.5) is 0 Å². The van der Waals surface area contributed by atoms with Gasteiger partial charge in [-0.05, 0) is 57.0 Å². The summed E-state index contributed by atoms with van der Waals surface area (Å²) in [6, 6.07) is 0.869. The third-order valence-electron chi connectivity index (χ3n) is 6.33. The van der Waals surface area contributed by atoms with E-state index in [1.54, 1.807) is 0 Å². The van der Waals surface area contributed by atoms with Crippen LogP contribution in [-0.2, 0) is 0 Å². The van der Waals surface area contributed by atoms with E-state index in [9.17, 15) is 0 Å². The molecule has 2 heteroatoms. The first kappa shape index (κ1) is 13.9. The van der Waals surface area contributed by atoms with E-state index in [0.29, 0.717) is 5.54 Å². The van der Waals surface area contributed by atoms with Crippen molar-refractivity contribution in [1.82, 2.24) is 10.2 Å². The minimum Gasteiger partial charge on any atom is -0.310 e. The van der Waals surface area contributed by atoms with Gasteiger partial charge in [-0.2, -0.15) is 0 Å². The van der Waals surface area contributed by atoms with E-state index in [1.165, 1.54) is 71.0 Å². The Morgan fingerprint density at radius 3 is 2.47 bits per heavy atom. The van der Waals surface area contributed by atoms with Crippen molar-refractivity contribution >= 4 is 0 Å². The second-order valence-corrected chi connectivity index (χ2v) is 7.57. The Hall–Kier alpha value is -0.0800. The average molecular weight is 264 g/mol. The largest absolute Gasteiger partial charge is 0.310 e. The van der Waals surface area contributed by atoms with Crippen LogP contribution in [0, 0.1) is 11.8 Å². The molecule has 0 bridgehead atoms. The molecule has 3 rings (SSSR count). The van der Waals surface area contributed by atoms with Crippen LogP contribution in [0.25, 0.3) is 0 Å². The Morgan fingerprint density at radius 1 is 1.00 bits per heavy atom. The molecule has 3 atom stereocenters. The number of nitrogens with one attached hydrogen (secondary N) is 1. The zero-order chi connectivity index (χ0) is 13.3. The fourth-order valence-corrected chi connectivity index (χ4v) is 4.86. The van der Waals surface area contributed by atoms with Gasteiger partial charge in [0.05, 0.1) is 0 Å². The normalized spacial score (nSPS) is 40.4. The van der Waals surface area contributed by atoms with Gasteiger partial charge in [-0.1, -0.05) is 33.1 Å². The van der Waals surface area contributed by atoms with Gasteiger partial charge in [0.25, 0.3) is 0 Å². The topological polar surface area (TPSA) is 15.3 Å². The van der Waals surface area contributed by atoms with Crippen LogP contribution in [0.3, 0.4) is 0 Å². The number of hydrogen-bond acceptors (Lipinski definition) is 2. The Labute approximate surface area is 119 Å². The van der Waals surface area contributed by atoms with Gasteiger partial charge in [0.2, 0.25) is 0 Å². The molecule has 0 aromatic heterocycles. The average Bonchev–Trinajstić information content (AvgIpc) is 2.63. The number of nitrogens with zero attached hydrogens (tertiary/aromatic N) is 1. The van der Waals surface area contributed by atoms with Crippen molar-refractivity contribution in [3.05, 3.63) is 0 Å². The fourth-order valence-electron chi connectivity index (χ4n) is 4.86. The van der Waals surface area contributed by atoms with E-state index < -0.39 is 0 Å². The van der Waals surface area contributed by atoms with E-state index in [-0.39, 0.29) is 0 Å². The zero-order valence-corrected chi connectivity index (χ0v) is 13.0. The van der Waals surface area contributed by atoms with Crippen LogP contribution < -0.4 is 5.32 Å². The minimum absolute atomic E-state index is 0.473. The molecule has 0 aromatic carbocycles. The summed E-state index contributed by atoms with van der Waals surface area (Å²) < 4.78 is 0. The van der Waals surface area contributed by atoms with Gasteiger partial charge in [0.15, 0.2) is 0 Å². The first-order valence-electron chi connectivity index (χ1n) is 8.69. The third kappa shape index (κ3) is 2.85. The summed E-state index contributed by atoms with van der Waals surface area (Å²) in [5.74, 6) is 1.84. The van der Waals surface area contributed by atoms with Crippen molar-refractivity contribution in [2.45, 2.75) is 76.8 Å². The molecule has 1 aliphatic heterocycles. The van der Waals surface area contributed by atoms with Gasteiger partial charge < -0.3 is 5.32 Å². The molecule has 3 unspecified atom stereocenters. The van der Waals surface area contributed by atoms with Crippen LogP contribution in [0.1, 0.15) is 65.2 Å². The summed E-state index contributed by atoms with van der Waals surface area (Å²) in [4.78, 5) is 2.87. The number of hydrogen-bond donors (Lipinski definition) is 1. The van der Waals surface area contributed by atoms with Crippen molar-refractivity contribution < 1.29 is 0 Å². The predicted molar refractivity (Wildman–Crippen MR) is 81.4 cm³/mol. The van der Waals surface area contributed by atoms with Crippen molar-refractivity contribution in [3.63, 3.8) is 0 Å². The van der Waals surface area contributed by atoms with Crippen molar-refractivity contribution in [1.29, 1.82) is 0 Å². The van der Waals surface area contributed by atoms with Crippen LogP contribution >= 0.6 is 0 Å². The molecule has 110 valence electrons. The van der Waals surface area contributed by atoms with E-state index in [1.807, 2.05) is 0 Å². The van der Waals surface area contributed by atoms with Crippen molar-refractivity contribution in [2.24, 2.45) is 11.8 Å². The fraction of sp³-hybridized carbons (Fsp3) is 1.00. The number of rotatable bonds is 1. The van der Waals surface area contributed by atoms with Crippen LogP contribution in [0.15, 0.2) is 0 Å². The summed E-state index contributed by atoms with van der Waals surface area (Å²) in [5.41, 5.74) is 0.473. The summed E-state index contributed by atoms with van der Waals surface area (Å²) >= 11 is 0. The van der Waals surface area contributed by atoms with Crippen LogP contribution in [-0.4, -0.2) is 36.1 Å². The highest BCUT2D eigenvalue weighted by molar-refractivity contribution is 4.98. The Morgan fingerprint density at radius 2 is 1.79 bits per heavy atom. The maximum Gasteiger partial charge on any atom is 0.0308 e. The molecule has 1 spiro atoms. The monoisotopic (exact) mass is 264 g/mol. The Kier molecular flexibility index (Phi) is 4.19. The molecular weight excluding hydrogens is 232 g/mol. The highest BCUT2D eigenvalue weighted by Gasteiger charge is 2.40. The second-order valence-electron chi connectivity index (χ2n) is 7.57. The molecule has 1 heterocycles. The first-order chi connectivity index (χ1) is 9.20. The maximum absolute atomic E-state index is 3.93. The molecular formula is C17H32N2. The molecule has 2 nitrogen and oxygen atoms in total. The lowest BCUT2D eigenvalue weighted by Gasteiger charge is -2.42. The lowest BCUT2D eigenvalue weighted by molar-refractivity contribution is 0.106. The standard InChI is InChI=1S/C17H32N2/c1-14-7-8-16(15(14)2)19-12-6-11-18-17(13-19)9-4-3-5-10-17/h14-16,18H,3-13H2,1-2H3. The minimum atomic E-state index is 0.473. The van der Waals surface area contributed by atoms with E-state index >= 15 is 0 Å². The Balaban J connectivity index is 1.70. The zero-order valence-electron chi connectivity index (χ0n) is 13.0. The smallest absolute Gasteiger partial charge is 0.0308 e. The van der Waals surface area contributed by atoms with Gasteiger partial charge in [-0.3, -0.25) is 4.90 Å². The molecule has 3 fully saturated rings.